The zero-order valence-electron chi connectivity index (χ0n) is 11.9. The quantitative estimate of drug-likeness (QED) is 0.673. The fourth-order valence-electron chi connectivity index (χ4n) is 2.53. The van der Waals surface area contributed by atoms with Crippen LogP contribution in [-0.2, 0) is 14.3 Å². The van der Waals surface area contributed by atoms with Crippen LogP contribution in [0.15, 0.2) is 0 Å². The first-order valence-corrected chi connectivity index (χ1v) is 7.13. The fraction of sp³-hybridized carbons (Fsp3) is 0.846. The Labute approximate surface area is 118 Å². The lowest BCUT2D eigenvalue weighted by atomic mass is 10.2. The summed E-state index contributed by atoms with van der Waals surface area (Å²) in [6.45, 7) is 5.57. The Bertz CT molecular complexity index is 356. The van der Waals surface area contributed by atoms with Crippen molar-refractivity contribution in [2.24, 2.45) is 0 Å². The highest BCUT2D eigenvalue weighted by Crippen LogP contribution is 2.19. The number of rotatable bonds is 5. The van der Waals surface area contributed by atoms with Gasteiger partial charge in [0.25, 0.3) is 0 Å². The molecule has 2 N–H and O–H groups in total. The van der Waals surface area contributed by atoms with Gasteiger partial charge in [-0.25, -0.2) is 4.79 Å². The Morgan fingerprint density at radius 2 is 1.85 bits per heavy atom. The molecular weight excluding hydrogens is 262 g/mol. The molecule has 2 rings (SSSR count). The van der Waals surface area contributed by atoms with E-state index in [1.807, 2.05) is 0 Å². The average Bonchev–Trinajstić information content (AvgIpc) is 2.91. The Kier molecular flexibility index (Phi) is 5.33. The Hall–Kier alpha value is -1.18. The number of hydrogen-bond donors (Lipinski definition) is 2. The SMILES string of the molecule is CN1CCN(CCNC(=O)C2CCC(C(=O)O)O2)CC1. The van der Waals surface area contributed by atoms with E-state index in [1.165, 1.54) is 0 Å². The Balaban J connectivity index is 1.62. The van der Waals surface area contributed by atoms with Crippen molar-refractivity contribution in [2.45, 2.75) is 25.0 Å². The predicted octanol–water partition coefficient (Wildman–Crippen LogP) is -1.02. The molecule has 1 amide bonds. The first-order valence-electron chi connectivity index (χ1n) is 7.13. The molecule has 2 aliphatic rings. The third kappa shape index (κ3) is 4.16. The van der Waals surface area contributed by atoms with Gasteiger partial charge < -0.3 is 20.1 Å². The van der Waals surface area contributed by atoms with E-state index >= 15 is 0 Å². The second-order valence-electron chi connectivity index (χ2n) is 5.46. The molecule has 2 aliphatic heterocycles. The molecule has 0 spiro atoms. The molecule has 0 bridgehead atoms. The van der Waals surface area contributed by atoms with E-state index in [1.54, 1.807) is 0 Å². The molecule has 2 saturated heterocycles. The summed E-state index contributed by atoms with van der Waals surface area (Å²) < 4.78 is 5.21. The van der Waals surface area contributed by atoms with E-state index in [-0.39, 0.29) is 5.91 Å². The fourth-order valence-corrected chi connectivity index (χ4v) is 2.53. The van der Waals surface area contributed by atoms with Crippen molar-refractivity contribution in [3.63, 3.8) is 0 Å². The third-order valence-corrected chi connectivity index (χ3v) is 3.91. The molecule has 2 heterocycles. The molecule has 0 aromatic heterocycles. The van der Waals surface area contributed by atoms with Gasteiger partial charge in [0.15, 0.2) is 6.10 Å². The van der Waals surface area contributed by atoms with E-state index in [2.05, 4.69) is 22.2 Å². The zero-order chi connectivity index (χ0) is 14.5. The van der Waals surface area contributed by atoms with Crippen LogP contribution in [0.2, 0.25) is 0 Å². The first-order chi connectivity index (χ1) is 9.56. The number of carboxylic acid groups (broad SMARTS) is 1. The molecule has 0 saturated carbocycles. The van der Waals surface area contributed by atoms with Gasteiger partial charge in [0.05, 0.1) is 0 Å². The van der Waals surface area contributed by atoms with Gasteiger partial charge in [0, 0.05) is 39.3 Å². The number of hydrogen-bond acceptors (Lipinski definition) is 5. The summed E-state index contributed by atoms with van der Waals surface area (Å²) in [5.74, 6) is -1.18. The summed E-state index contributed by atoms with van der Waals surface area (Å²) in [7, 11) is 2.11. The highest BCUT2D eigenvalue weighted by Gasteiger charge is 2.34. The predicted molar refractivity (Wildman–Crippen MR) is 72.5 cm³/mol. The van der Waals surface area contributed by atoms with Crippen LogP contribution >= 0.6 is 0 Å². The molecule has 7 heteroatoms. The van der Waals surface area contributed by atoms with Gasteiger partial charge in [-0.3, -0.25) is 9.69 Å². The molecule has 114 valence electrons. The number of aliphatic carboxylic acids is 1. The molecule has 20 heavy (non-hydrogen) atoms. The Morgan fingerprint density at radius 1 is 1.20 bits per heavy atom. The highest BCUT2D eigenvalue weighted by atomic mass is 16.5. The van der Waals surface area contributed by atoms with Crippen LogP contribution in [0.25, 0.3) is 0 Å². The summed E-state index contributed by atoms with van der Waals surface area (Å²) in [5, 5.41) is 11.6. The molecule has 7 nitrogen and oxygen atoms in total. The maximum absolute atomic E-state index is 11.9. The van der Waals surface area contributed by atoms with Crippen molar-refractivity contribution in [1.29, 1.82) is 0 Å². The molecule has 2 atom stereocenters. The monoisotopic (exact) mass is 285 g/mol. The summed E-state index contributed by atoms with van der Waals surface area (Å²) >= 11 is 0. The van der Waals surface area contributed by atoms with Crippen LogP contribution in [0.5, 0.6) is 0 Å². The van der Waals surface area contributed by atoms with Gasteiger partial charge in [-0.15, -0.1) is 0 Å². The third-order valence-electron chi connectivity index (χ3n) is 3.91. The van der Waals surface area contributed by atoms with E-state index in [4.69, 9.17) is 9.84 Å². The largest absolute Gasteiger partial charge is 0.479 e. The van der Waals surface area contributed by atoms with E-state index in [0.717, 1.165) is 32.7 Å². The van der Waals surface area contributed by atoms with Crippen molar-refractivity contribution in [1.82, 2.24) is 15.1 Å². The maximum atomic E-state index is 11.9. The van der Waals surface area contributed by atoms with Crippen LogP contribution in [0, 0.1) is 0 Å². The number of nitrogens with one attached hydrogen (secondary N) is 1. The summed E-state index contributed by atoms with van der Waals surface area (Å²) in [5.41, 5.74) is 0. The molecule has 2 unspecified atom stereocenters. The van der Waals surface area contributed by atoms with Gasteiger partial charge in [-0.1, -0.05) is 0 Å². The normalized spacial score (nSPS) is 28.4. The van der Waals surface area contributed by atoms with Crippen LogP contribution in [0.3, 0.4) is 0 Å². The topological polar surface area (TPSA) is 82.1 Å². The lowest BCUT2D eigenvalue weighted by Gasteiger charge is -2.32. The summed E-state index contributed by atoms with van der Waals surface area (Å²) in [4.78, 5) is 27.2. The number of ether oxygens (including phenoxy) is 1. The number of carbonyl (C=O) groups excluding carboxylic acids is 1. The average molecular weight is 285 g/mol. The number of carbonyl (C=O) groups is 2. The van der Waals surface area contributed by atoms with Crippen molar-refractivity contribution in [3.05, 3.63) is 0 Å². The minimum Gasteiger partial charge on any atom is -0.479 e. The number of amides is 1. The van der Waals surface area contributed by atoms with Gasteiger partial charge in [-0.05, 0) is 19.9 Å². The first kappa shape index (κ1) is 15.2. The smallest absolute Gasteiger partial charge is 0.332 e. The summed E-state index contributed by atoms with van der Waals surface area (Å²) in [6.07, 6.45) is -0.546. The molecule has 0 aromatic carbocycles. The van der Waals surface area contributed by atoms with Crippen LogP contribution in [0.1, 0.15) is 12.8 Å². The summed E-state index contributed by atoms with van der Waals surface area (Å²) in [6, 6.07) is 0. The second-order valence-corrected chi connectivity index (χ2v) is 5.46. The van der Waals surface area contributed by atoms with Crippen molar-refractivity contribution in [3.8, 4) is 0 Å². The number of piperazine rings is 1. The van der Waals surface area contributed by atoms with Crippen LogP contribution < -0.4 is 5.32 Å². The van der Waals surface area contributed by atoms with Gasteiger partial charge >= 0.3 is 5.97 Å². The number of likely N-dealkylation sites (N-methyl/N-ethyl adjacent to an activating group) is 1. The lowest BCUT2D eigenvalue weighted by molar-refractivity contribution is -0.151. The molecule has 0 aromatic rings. The van der Waals surface area contributed by atoms with Crippen LogP contribution in [-0.4, -0.2) is 85.3 Å². The number of nitrogens with zero attached hydrogens (tertiary/aromatic N) is 2. The molecular formula is C13H23N3O4. The second kappa shape index (κ2) is 7.01. The maximum Gasteiger partial charge on any atom is 0.332 e. The number of carboxylic acids is 1. The van der Waals surface area contributed by atoms with Crippen LogP contribution in [0.4, 0.5) is 0 Å². The highest BCUT2D eigenvalue weighted by molar-refractivity contribution is 5.82. The van der Waals surface area contributed by atoms with E-state index in [9.17, 15) is 9.59 Å². The van der Waals surface area contributed by atoms with Gasteiger partial charge in [-0.2, -0.15) is 0 Å². The minimum atomic E-state index is -0.988. The lowest BCUT2D eigenvalue weighted by Crippen LogP contribution is -2.47. The standard InChI is InChI=1S/C13H23N3O4/c1-15-6-8-16(9-7-15)5-4-14-12(17)10-2-3-11(20-10)13(18)19/h10-11H,2-9H2,1H3,(H,14,17)(H,18,19). The van der Waals surface area contributed by atoms with Gasteiger partial charge in [0.2, 0.25) is 5.91 Å². The van der Waals surface area contributed by atoms with Crippen molar-refractivity contribution in [2.75, 3.05) is 46.3 Å². The van der Waals surface area contributed by atoms with Gasteiger partial charge in [0.1, 0.15) is 6.10 Å². The Morgan fingerprint density at radius 3 is 2.45 bits per heavy atom. The molecule has 0 radical (unpaired) electrons. The van der Waals surface area contributed by atoms with E-state index in [0.29, 0.717) is 19.4 Å². The zero-order valence-corrected chi connectivity index (χ0v) is 11.9. The van der Waals surface area contributed by atoms with Crippen molar-refractivity contribution < 1.29 is 19.4 Å². The molecule has 2 fully saturated rings. The van der Waals surface area contributed by atoms with Crippen molar-refractivity contribution >= 4 is 11.9 Å². The molecule has 0 aliphatic carbocycles. The van der Waals surface area contributed by atoms with E-state index < -0.39 is 18.2 Å². The minimum absolute atomic E-state index is 0.192.